The topological polar surface area (TPSA) is 21.8 Å². The minimum Gasteiger partial charge on any atom is -0.491 e. The van der Waals surface area contributed by atoms with Crippen LogP contribution < -0.4 is 4.74 Å². The summed E-state index contributed by atoms with van der Waals surface area (Å²) in [7, 11) is 0. The molecule has 3 aromatic carbocycles. The van der Waals surface area contributed by atoms with E-state index in [1.54, 1.807) is 0 Å². The van der Waals surface area contributed by atoms with E-state index in [4.69, 9.17) is 9.47 Å². The predicted octanol–water partition coefficient (Wildman–Crippen LogP) is 4.70. The fraction of sp³-hybridized carbons (Fsp3) is 0.182. The Bertz CT molecular complexity index is 892. The van der Waals surface area contributed by atoms with Crippen LogP contribution in [0.2, 0.25) is 0 Å². The van der Waals surface area contributed by atoms with Gasteiger partial charge in [-0.1, -0.05) is 54.6 Å². The Labute approximate surface area is 141 Å². The van der Waals surface area contributed by atoms with Gasteiger partial charge >= 0.3 is 0 Å². The van der Waals surface area contributed by atoms with Gasteiger partial charge in [-0.25, -0.2) is 0 Å². The third kappa shape index (κ3) is 2.40. The standard InChI is InChI=1S/C22H18O2/c1-2-5-20-16(4-1)12-22-19(6-3-7-21(20)22)15-8-10-17(11-9-15)23-13-18-14-24-18/h1-11,18H,12-14H2. The molecule has 24 heavy (non-hydrogen) atoms. The molecule has 1 fully saturated rings. The van der Waals surface area contributed by atoms with Gasteiger partial charge < -0.3 is 9.47 Å². The van der Waals surface area contributed by atoms with Gasteiger partial charge in [-0.05, 0) is 51.9 Å². The first-order valence-corrected chi connectivity index (χ1v) is 8.43. The Morgan fingerprint density at radius 2 is 1.58 bits per heavy atom. The van der Waals surface area contributed by atoms with E-state index in [0.717, 1.165) is 18.8 Å². The van der Waals surface area contributed by atoms with E-state index in [9.17, 15) is 0 Å². The van der Waals surface area contributed by atoms with Gasteiger partial charge in [0.25, 0.3) is 0 Å². The summed E-state index contributed by atoms with van der Waals surface area (Å²) in [5.41, 5.74) is 8.16. The molecule has 0 N–H and O–H groups in total. The zero-order chi connectivity index (χ0) is 15.9. The second kappa shape index (κ2) is 5.50. The van der Waals surface area contributed by atoms with E-state index in [-0.39, 0.29) is 0 Å². The molecule has 0 saturated carbocycles. The number of epoxide rings is 1. The summed E-state index contributed by atoms with van der Waals surface area (Å²) in [5, 5.41) is 0. The van der Waals surface area contributed by atoms with Crippen molar-refractivity contribution in [1.29, 1.82) is 0 Å². The third-order valence-electron chi connectivity index (χ3n) is 4.85. The molecule has 2 nitrogen and oxygen atoms in total. The molecule has 0 radical (unpaired) electrons. The lowest BCUT2D eigenvalue weighted by molar-refractivity contribution is 0.263. The van der Waals surface area contributed by atoms with Crippen LogP contribution in [0.1, 0.15) is 11.1 Å². The molecule has 1 saturated heterocycles. The maximum Gasteiger partial charge on any atom is 0.119 e. The Morgan fingerprint density at radius 1 is 0.833 bits per heavy atom. The Hall–Kier alpha value is -2.58. The molecule has 1 unspecified atom stereocenters. The zero-order valence-corrected chi connectivity index (χ0v) is 13.4. The zero-order valence-electron chi connectivity index (χ0n) is 13.4. The quantitative estimate of drug-likeness (QED) is 0.509. The molecule has 0 amide bonds. The van der Waals surface area contributed by atoms with Crippen molar-refractivity contribution in [3.63, 3.8) is 0 Å². The molecule has 1 heterocycles. The minimum atomic E-state index is 0.292. The normalized spacial score (nSPS) is 17.2. The molecule has 0 spiro atoms. The summed E-state index contributed by atoms with van der Waals surface area (Å²) in [5.74, 6) is 0.908. The van der Waals surface area contributed by atoms with Crippen molar-refractivity contribution in [2.75, 3.05) is 13.2 Å². The van der Waals surface area contributed by atoms with Gasteiger partial charge in [-0.15, -0.1) is 0 Å². The molecule has 2 heteroatoms. The molecule has 2 aliphatic rings. The van der Waals surface area contributed by atoms with E-state index in [1.165, 1.54) is 33.4 Å². The van der Waals surface area contributed by atoms with E-state index in [0.29, 0.717) is 12.7 Å². The van der Waals surface area contributed by atoms with Crippen molar-refractivity contribution in [2.45, 2.75) is 12.5 Å². The average Bonchev–Trinajstić information content (AvgIpc) is 3.39. The lowest BCUT2D eigenvalue weighted by atomic mass is 9.96. The summed E-state index contributed by atoms with van der Waals surface area (Å²) < 4.78 is 10.9. The molecule has 1 atom stereocenters. The second-order valence-electron chi connectivity index (χ2n) is 6.46. The maximum absolute atomic E-state index is 5.74. The van der Waals surface area contributed by atoms with Gasteiger partial charge in [0, 0.05) is 0 Å². The second-order valence-corrected chi connectivity index (χ2v) is 6.46. The van der Waals surface area contributed by atoms with E-state index in [1.807, 2.05) is 0 Å². The SMILES string of the molecule is c1ccc2c(c1)Cc1c(-c3ccc(OCC4CO4)cc3)cccc1-2. The number of ether oxygens (including phenoxy) is 2. The number of hydrogen-bond donors (Lipinski definition) is 0. The lowest BCUT2D eigenvalue weighted by Crippen LogP contribution is -2.03. The molecule has 5 rings (SSSR count). The molecular weight excluding hydrogens is 296 g/mol. The van der Waals surface area contributed by atoms with E-state index >= 15 is 0 Å². The highest BCUT2D eigenvalue weighted by atomic mass is 16.6. The summed E-state index contributed by atoms with van der Waals surface area (Å²) in [6.45, 7) is 1.48. The molecule has 0 bridgehead atoms. The molecule has 0 aromatic heterocycles. The van der Waals surface area contributed by atoms with Crippen molar-refractivity contribution < 1.29 is 9.47 Å². The highest BCUT2D eigenvalue weighted by Gasteiger charge is 2.23. The summed E-state index contributed by atoms with van der Waals surface area (Å²) in [6, 6.07) is 23.7. The van der Waals surface area contributed by atoms with Crippen LogP contribution in [-0.4, -0.2) is 19.3 Å². The van der Waals surface area contributed by atoms with Crippen molar-refractivity contribution in [3.05, 3.63) is 77.9 Å². The highest BCUT2D eigenvalue weighted by molar-refractivity contribution is 5.84. The first-order chi connectivity index (χ1) is 11.9. The van der Waals surface area contributed by atoms with Crippen molar-refractivity contribution in [2.24, 2.45) is 0 Å². The molecule has 1 aliphatic heterocycles. The smallest absolute Gasteiger partial charge is 0.119 e. The number of benzene rings is 3. The van der Waals surface area contributed by atoms with Gasteiger partial charge in [-0.2, -0.15) is 0 Å². The predicted molar refractivity (Wildman–Crippen MR) is 95.4 cm³/mol. The number of hydrogen-bond acceptors (Lipinski definition) is 2. The summed E-state index contributed by atoms with van der Waals surface area (Å²) in [4.78, 5) is 0. The number of fused-ring (bicyclic) bond motifs is 3. The van der Waals surface area contributed by atoms with Crippen LogP contribution in [0.4, 0.5) is 0 Å². The first-order valence-electron chi connectivity index (χ1n) is 8.43. The molecule has 1 aliphatic carbocycles. The van der Waals surface area contributed by atoms with Crippen LogP contribution in [0, 0.1) is 0 Å². The summed E-state index contributed by atoms with van der Waals surface area (Å²) in [6.07, 6.45) is 1.31. The fourth-order valence-corrected chi connectivity index (χ4v) is 3.51. The minimum absolute atomic E-state index is 0.292. The van der Waals surface area contributed by atoms with Crippen LogP contribution in [-0.2, 0) is 11.2 Å². The van der Waals surface area contributed by atoms with Gasteiger partial charge in [0.15, 0.2) is 0 Å². The molecule has 3 aromatic rings. The van der Waals surface area contributed by atoms with Gasteiger partial charge in [0.2, 0.25) is 0 Å². The number of rotatable bonds is 4. The Kier molecular flexibility index (Phi) is 3.17. The van der Waals surface area contributed by atoms with Crippen LogP contribution in [0.3, 0.4) is 0 Å². The maximum atomic E-state index is 5.74. The highest BCUT2D eigenvalue weighted by Crippen LogP contribution is 2.41. The molecule has 118 valence electrons. The van der Waals surface area contributed by atoms with Crippen molar-refractivity contribution in [3.8, 4) is 28.0 Å². The molecular formula is C22H18O2. The van der Waals surface area contributed by atoms with Crippen LogP contribution in [0.15, 0.2) is 66.7 Å². The Morgan fingerprint density at radius 3 is 2.42 bits per heavy atom. The van der Waals surface area contributed by atoms with Crippen LogP contribution in [0.5, 0.6) is 5.75 Å². The largest absolute Gasteiger partial charge is 0.491 e. The Balaban J connectivity index is 1.47. The van der Waals surface area contributed by atoms with E-state index in [2.05, 4.69) is 66.7 Å². The van der Waals surface area contributed by atoms with Crippen molar-refractivity contribution >= 4 is 0 Å². The first kappa shape index (κ1) is 13.8. The summed E-state index contributed by atoms with van der Waals surface area (Å²) >= 11 is 0. The van der Waals surface area contributed by atoms with Gasteiger partial charge in [0.05, 0.1) is 6.61 Å². The van der Waals surface area contributed by atoms with Gasteiger partial charge in [-0.3, -0.25) is 0 Å². The van der Waals surface area contributed by atoms with Crippen LogP contribution in [0.25, 0.3) is 22.3 Å². The average molecular weight is 314 g/mol. The van der Waals surface area contributed by atoms with Gasteiger partial charge in [0.1, 0.15) is 18.5 Å². The van der Waals surface area contributed by atoms with Crippen LogP contribution >= 0.6 is 0 Å². The van der Waals surface area contributed by atoms with Crippen molar-refractivity contribution in [1.82, 2.24) is 0 Å². The third-order valence-corrected chi connectivity index (χ3v) is 4.85. The fourth-order valence-electron chi connectivity index (χ4n) is 3.51. The van der Waals surface area contributed by atoms with E-state index < -0.39 is 0 Å². The lowest BCUT2D eigenvalue weighted by Gasteiger charge is -2.10. The monoisotopic (exact) mass is 314 g/mol.